The Hall–Kier alpha value is -2.55. The van der Waals surface area contributed by atoms with Crippen molar-refractivity contribution in [3.8, 4) is 11.5 Å². The van der Waals surface area contributed by atoms with E-state index in [4.69, 9.17) is 9.84 Å². The molecule has 1 N–H and O–H groups in total. The molecule has 0 aliphatic rings. The molecule has 0 saturated heterocycles. The molecule has 0 aliphatic carbocycles. The van der Waals surface area contributed by atoms with Gasteiger partial charge in [0.1, 0.15) is 11.5 Å². The molecular formula is C17H16O3. The van der Waals surface area contributed by atoms with Crippen molar-refractivity contribution in [1.29, 1.82) is 0 Å². The lowest BCUT2D eigenvalue weighted by atomic mass is 10.1. The summed E-state index contributed by atoms with van der Waals surface area (Å²) < 4.78 is 5.80. The number of ether oxygens (including phenoxy) is 1. The molecule has 0 aromatic heterocycles. The summed E-state index contributed by atoms with van der Waals surface area (Å²) in [5.41, 5.74) is 2.97. The molecule has 0 heterocycles. The molecule has 0 amide bonds. The minimum atomic E-state index is -0.956. The van der Waals surface area contributed by atoms with Crippen LogP contribution in [0.2, 0.25) is 0 Å². The lowest BCUT2D eigenvalue weighted by Crippen LogP contribution is -1.89. The van der Waals surface area contributed by atoms with E-state index >= 15 is 0 Å². The van der Waals surface area contributed by atoms with E-state index in [-0.39, 0.29) is 0 Å². The van der Waals surface area contributed by atoms with Gasteiger partial charge in [0.05, 0.1) is 0 Å². The number of carboxylic acids is 1. The third-order valence-corrected chi connectivity index (χ3v) is 2.87. The van der Waals surface area contributed by atoms with Crippen molar-refractivity contribution >= 4 is 12.0 Å². The third kappa shape index (κ3) is 3.72. The van der Waals surface area contributed by atoms with Crippen molar-refractivity contribution in [2.75, 3.05) is 0 Å². The van der Waals surface area contributed by atoms with Crippen LogP contribution in [-0.2, 0) is 4.79 Å². The molecular weight excluding hydrogens is 252 g/mol. The van der Waals surface area contributed by atoms with Gasteiger partial charge >= 0.3 is 5.97 Å². The van der Waals surface area contributed by atoms with Crippen LogP contribution in [0, 0.1) is 13.8 Å². The zero-order chi connectivity index (χ0) is 14.5. The highest BCUT2D eigenvalue weighted by Gasteiger charge is 2.02. The summed E-state index contributed by atoms with van der Waals surface area (Å²) in [5, 5.41) is 8.60. The normalized spacial score (nSPS) is 10.7. The van der Waals surface area contributed by atoms with Gasteiger partial charge in [-0.05, 0) is 55.3 Å². The topological polar surface area (TPSA) is 46.5 Å². The van der Waals surface area contributed by atoms with Gasteiger partial charge < -0.3 is 9.84 Å². The summed E-state index contributed by atoms with van der Waals surface area (Å²) in [6.45, 7) is 3.96. The average molecular weight is 268 g/mol. The van der Waals surface area contributed by atoms with E-state index in [1.807, 2.05) is 56.3 Å². The Morgan fingerprint density at radius 1 is 1.10 bits per heavy atom. The van der Waals surface area contributed by atoms with Gasteiger partial charge in [0, 0.05) is 6.08 Å². The fourth-order valence-corrected chi connectivity index (χ4v) is 1.79. The molecule has 2 rings (SSSR count). The quantitative estimate of drug-likeness (QED) is 0.845. The average Bonchev–Trinajstić information content (AvgIpc) is 2.41. The summed E-state index contributed by atoms with van der Waals surface area (Å²) in [6.07, 6.45) is 2.68. The zero-order valence-electron chi connectivity index (χ0n) is 11.5. The molecule has 0 radical (unpaired) electrons. The molecule has 0 spiro atoms. The first kappa shape index (κ1) is 13.9. The van der Waals surface area contributed by atoms with Crippen molar-refractivity contribution in [3.05, 3.63) is 65.2 Å². The van der Waals surface area contributed by atoms with Crippen LogP contribution in [0.1, 0.15) is 16.7 Å². The van der Waals surface area contributed by atoms with E-state index in [9.17, 15) is 4.79 Å². The van der Waals surface area contributed by atoms with Gasteiger partial charge in [0.2, 0.25) is 0 Å². The van der Waals surface area contributed by atoms with E-state index in [1.54, 1.807) is 6.08 Å². The highest BCUT2D eigenvalue weighted by Crippen LogP contribution is 2.26. The molecule has 102 valence electrons. The minimum Gasteiger partial charge on any atom is -0.478 e. The molecule has 3 heteroatoms. The van der Waals surface area contributed by atoms with Gasteiger partial charge in [-0.1, -0.05) is 23.8 Å². The van der Waals surface area contributed by atoms with E-state index < -0.39 is 5.97 Å². The summed E-state index contributed by atoms with van der Waals surface area (Å²) >= 11 is 0. The number of aliphatic carboxylic acids is 1. The van der Waals surface area contributed by atoms with E-state index in [1.165, 1.54) is 5.56 Å². The fourth-order valence-electron chi connectivity index (χ4n) is 1.79. The molecule has 0 fully saturated rings. The van der Waals surface area contributed by atoms with Gasteiger partial charge in [-0.2, -0.15) is 0 Å². The second-order valence-corrected chi connectivity index (χ2v) is 4.61. The second-order valence-electron chi connectivity index (χ2n) is 4.61. The predicted octanol–water partition coefficient (Wildman–Crippen LogP) is 4.19. The van der Waals surface area contributed by atoms with Crippen LogP contribution in [-0.4, -0.2) is 11.1 Å². The van der Waals surface area contributed by atoms with Crippen LogP contribution in [0.3, 0.4) is 0 Å². The number of aryl methyl sites for hydroxylation is 2. The van der Waals surface area contributed by atoms with Gasteiger partial charge in [-0.25, -0.2) is 4.79 Å². The maximum atomic E-state index is 10.5. The first-order valence-electron chi connectivity index (χ1n) is 6.31. The molecule has 3 nitrogen and oxygen atoms in total. The Labute approximate surface area is 118 Å². The molecule has 2 aromatic rings. The van der Waals surface area contributed by atoms with E-state index in [2.05, 4.69) is 0 Å². The van der Waals surface area contributed by atoms with Crippen molar-refractivity contribution in [2.24, 2.45) is 0 Å². The number of carbonyl (C=O) groups is 1. The number of rotatable bonds is 4. The number of benzene rings is 2. The maximum absolute atomic E-state index is 10.5. The van der Waals surface area contributed by atoms with Crippen LogP contribution in [0.15, 0.2) is 48.5 Å². The smallest absolute Gasteiger partial charge is 0.328 e. The summed E-state index contributed by atoms with van der Waals surface area (Å²) in [7, 11) is 0. The summed E-state index contributed by atoms with van der Waals surface area (Å²) in [6, 6.07) is 13.4. The largest absolute Gasteiger partial charge is 0.478 e. The van der Waals surface area contributed by atoms with Gasteiger partial charge in [0.25, 0.3) is 0 Å². The second kappa shape index (κ2) is 6.06. The molecule has 0 aliphatic heterocycles. The standard InChI is InChI=1S/C17H16O3/c1-12-3-7-15(8-4-12)20-16-9-5-14(11-13(16)2)6-10-17(18)19/h3-11H,1-2H3,(H,18,19). The summed E-state index contributed by atoms with van der Waals surface area (Å²) in [5.74, 6) is 0.594. The number of hydrogen-bond acceptors (Lipinski definition) is 2. The van der Waals surface area contributed by atoms with Gasteiger partial charge in [0.15, 0.2) is 0 Å². The lowest BCUT2D eigenvalue weighted by molar-refractivity contribution is -0.131. The first-order chi connectivity index (χ1) is 9.54. The van der Waals surface area contributed by atoms with Crippen LogP contribution in [0.25, 0.3) is 6.08 Å². The van der Waals surface area contributed by atoms with Crippen molar-refractivity contribution in [1.82, 2.24) is 0 Å². The fraction of sp³-hybridized carbons (Fsp3) is 0.118. The zero-order valence-corrected chi connectivity index (χ0v) is 11.5. The Balaban J connectivity index is 2.17. The molecule has 0 saturated carbocycles. The van der Waals surface area contributed by atoms with Crippen LogP contribution < -0.4 is 4.74 Å². The number of hydrogen-bond donors (Lipinski definition) is 1. The Bertz CT molecular complexity index is 640. The monoisotopic (exact) mass is 268 g/mol. The van der Waals surface area contributed by atoms with Crippen molar-refractivity contribution in [2.45, 2.75) is 13.8 Å². The number of carboxylic acid groups (broad SMARTS) is 1. The first-order valence-corrected chi connectivity index (χ1v) is 6.31. The van der Waals surface area contributed by atoms with Crippen LogP contribution in [0.4, 0.5) is 0 Å². The summed E-state index contributed by atoms with van der Waals surface area (Å²) in [4.78, 5) is 10.5. The van der Waals surface area contributed by atoms with Crippen molar-refractivity contribution in [3.63, 3.8) is 0 Å². The molecule has 0 bridgehead atoms. The lowest BCUT2D eigenvalue weighted by Gasteiger charge is -2.09. The SMILES string of the molecule is Cc1ccc(Oc2ccc(C=CC(=O)O)cc2C)cc1. The minimum absolute atomic E-state index is 0.765. The maximum Gasteiger partial charge on any atom is 0.328 e. The van der Waals surface area contributed by atoms with E-state index in [0.717, 1.165) is 28.7 Å². The highest BCUT2D eigenvalue weighted by molar-refractivity contribution is 5.85. The van der Waals surface area contributed by atoms with Crippen molar-refractivity contribution < 1.29 is 14.6 Å². The van der Waals surface area contributed by atoms with Crippen LogP contribution >= 0.6 is 0 Å². The predicted molar refractivity (Wildman–Crippen MR) is 79.1 cm³/mol. The highest BCUT2D eigenvalue weighted by atomic mass is 16.5. The molecule has 0 atom stereocenters. The Morgan fingerprint density at radius 3 is 2.40 bits per heavy atom. The molecule has 0 unspecified atom stereocenters. The Kier molecular flexibility index (Phi) is 4.20. The van der Waals surface area contributed by atoms with Gasteiger partial charge in [-0.15, -0.1) is 0 Å². The van der Waals surface area contributed by atoms with Gasteiger partial charge in [-0.3, -0.25) is 0 Å². The Morgan fingerprint density at radius 2 is 1.80 bits per heavy atom. The van der Waals surface area contributed by atoms with Crippen LogP contribution in [0.5, 0.6) is 11.5 Å². The molecule has 20 heavy (non-hydrogen) atoms. The molecule has 2 aromatic carbocycles. The van der Waals surface area contributed by atoms with E-state index in [0.29, 0.717) is 0 Å². The third-order valence-electron chi connectivity index (χ3n) is 2.87.